The number of nitrogens with zero attached hydrogens (tertiary/aromatic N) is 1. The second-order valence-corrected chi connectivity index (χ2v) is 5.43. The third-order valence-corrected chi connectivity index (χ3v) is 3.70. The zero-order valence-corrected chi connectivity index (χ0v) is 11.0. The Bertz CT molecular complexity index is 496. The minimum absolute atomic E-state index is 0.0192. The molecule has 1 amide bonds. The lowest BCUT2D eigenvalue weighted by atomic mass is 9.83. The van der Waals surface area contributed by atoms with Crippen LogP contribution in [0.15, 0.2) is 18.2 Å². The Morgan fingerprint density at radius 2 is 2.00 bits per heavy atom. The van der Waals surface area contributed by atoms with Crippen LogP contribution in [-0.4, -0.2) is 34.6 Å². The fraction of sp³-hybridized carbons (Fsp3) is 0.500. The number of halogens is 2. The highest BCUT2D eigenvalue weighted by Crippen LogP contribution is 2.29. The molecular weight excluding hydrogens is 252 g/mol. The van der Waals surface area contributed by atoms with Crippen LogP contribution in [0.3, 0.4) is 0 Å². The molecule has 1 aliphatic rings. The smallest absolute Gasteiger partial charge is 0.227 e. The van der Waals surface area contributed by atoms with Gasteiger partial charge in [0.25, 0.3) is 0 Å². The molecular formula is C14H17F2NO2. The molecule has 5 heteroatoms. The number of likely N-dealkylation sites (tertiary alicyclic amines) is 1. The highest BCUT2D eigenvalue weighted by Gasteiger charge is 2.45. The van der Waals surface area contributed by atoms with Crippen LogP contribution in [-0.2, 0) is 11.2 Å². The van der Waals surface area contributed by atoms with Crippen LogP contribution in [0.5, 0.6) is 0 Å². The second kappa shape index (κ2) is 4.89. The number of carbonyl (C=O) groups is 1. The van der Waals surface area contributed by atoms with Gasteiger partial charge in [-0.2, -0.15) is 0 Å². The molecule has 1 saturated heterocycles. The van der Waals surface area contributed by atoms with Gasteiger partial charge in [0.1, 0.15) is 5.60 Å². The average Bonchev–Trinajstić information content (AvgIpc) is 2.29. The van der Waals surface area contributed by atoms with E-state index in [9.17, 15) is 18.7 Å². The topological polar surface area (TPSA) is 40.5 Å². The van der Waals surface area contributed by atoms with Crippen molar-refractivity contribution in [3.63, 3.8) is 0 Å². The number of rotatable bonds is 3. The van der Waals surface area contributed by atoms with E-state index < -0.39 is 17.2 Å². The summed E-state index contributed by atoms with van der Waals surface area (Å²) in [4.78, 5) is 13.4. The van der Waals surface area contributed by atoms with Gasteiger partial charge in [0.2, 0.25) is 5.91 Å². The third kappa shape index (κ3) is 2.76. The first-order chi connectivity index (χ1) is 8.82. The van der Waals surface area contributed by atoms with Crippen molar-refractivity contribution < 1.29 is 18.7 Å². The van der Waals surface area contributed by atoms with Crippen LogP contribution in [0.1, 0.15) is 19.4 Å². The van der Waals surface area contributed by atoms with Crippen LogP contribution in [0.2, 0.25) is 0 Å². The van der Waals surface area contributed by atoms with Crippen molar-refractivity contribution in [3.05, 3.63) is 35.4 Å². The van der Waals surface area contributed by atoms with Gasteiger partial charge < -0.3 is 10.0 Å². The maximum Gasteiger partial charge on any atom is 0.227 e. The Labute approximate surface area is 110 Å². The molecule has 1 fully saturated rings. The fourth-order valence-corrected chi connectivity index (χ4v) is 2.09. The maximum atomic E-state index is 13.0. The molecule has 104 valence electrons. The molecule has 0 aromatic heterocycles. The molecule has 0 aliphatic carbocycles. The van der Waals surface area contributed by atoms with Crippen molar-refractivity contribution in [1.29, 1.82) is 0 Å². The quantitative estimate of drug-likeness (QED) is 0.908. The molecule has 0 bridgehead atoms. The fourth-order valence-electron chi connectivity index (χ4n) is 2.09. The number of aliphatic hydroxyl groups is 1. The molecule has 1 aliphatic heterocycles. The summed E-state index contributed by atoms with van der Waals surface area (Å²) in [5.41, 5.74) is -0.382. The van der Waals surface area contributed by atoms with E-state index in [0.29, 0.717) is 18.7 Å². The van der Waals surface area contributed by atoms with Gasteiger partial charge in [-0.25, -0.2) is 8.78 Å². The van der Waals surface area contributed by atoms with Gasteiger partial charge in [-0.15, -0.1) is 0 Å². The highest BCUT2D eigenvalue weighted by atomic mass is 19.2. The van der Waals surface area contributed by atoms with Gasteiger partial charge in [0.05, 0.1) is 19.5 Å². The summed E-state index contributed by atoms with van der Waals surface area (Å²) in [6.07, 6.45) is 0.0192. The van der Waals surface area contributed by atoms with Crippen molar-refractivity contribution in [2.75, 3.05) is 13.1 Å². The molecule has 0 saturated carbocycles. The maximum absolute atomic E-state index is 13.0. The van der Waals surface area contributed by atoms with Gasteiger partial charge in [0, 0.05) is 0 Å². The lowest BCUT2D eigenvalue weighted by Gasteiger charge is -2.49. The summed E-state index contributed by atoms with van der Waals surface area (Å²) in [5, 5.41) is 10.0. The molecule has 3 nitrogen and oxygen atoms in total. The average molecular weight is 269 g/mol. The summed E-state index contributed by atoms with van der Waals surface area (Å²) in [6, 6.07) is 3.44. The number of benzene rings is 1. The predicted molar refractivity (Wildman–Crippen MR) is 66.4 cm³/mol. The van der Waals surface area contributed by atoms with Crippen molar-refractivity contribution in [3.8, 4) is 0 Å². The Balaban J connectivity index is 1.94. The van der Waals surface area contributed by atoms with Crippen LogP contribution in [0, 0.1) is 17.6 Å². The van der Waals surface area contributed by atoms with Crippen molar-refractivity contribution in [2.45, 2.75) is 25.9 Å². The van der Waals surface area contributed by atoms with E-state index in [0.717, 1.165) is 12.1 Å². The Morgan fingerprint density at radius 3 is 2.53 bits per heavy atom. The molecule has 1 aromatic carbocycles. The van der Waals surface area contributed by atoms with Gasteiger partial charge in [-0.05, 0) is 23.6 Å². The van der Waals surface area contributed by atoms with Crippen molar-refractivity contribution >= 4 is 5.91 Å². The van der Waals surface area contributed by atoms with Gasteiger partial charge in [-0.1, -0.05) is 19.9 Å². The molecule has 0 atom stereocenters. The first-order valence-corrected chi connectivity index (χ1v) is 6.26. The summed E-state index contributed by atoms with van der Waals surface area (Å²) >= 11 is 0. The molecule has 19 heavy (non-hydrogen) atoms. The first kappa shape index (κ1) is 13.9. The van der Waals surface area contributed by atoms with Crippen molar-refractivity contribution in [1.82, 2.24) is 4.90 Å². The first-order valence-electron chi connectivity index (χ1n) is 6.26. The van der Waals surface area contributed by atoms with Crippen molar-refractivity contribution in [2.24, 2.45) is 5.92 Å². The van der Waals surface area contributed by atoms with E-state index in [2.05, 4.69) is 0 Å². The summed E-state index contributed by atoms with van der Waals surface area (Å²) in [5.74, 6) is -1.97. The number of hydrogen-bond donors (Lipinski definition) is 1. The standard InChI is InChI=1S/C14H17F2NO2/c1-9(2)14(19)7-17(8-14)13(18)6-10-3-4-11(15)12(16)5-10/h3-5,9,19H,6-8H2,1-2H3. The van der Waals surface area contributed by atoms with Gasteiger partial charge >= 0.3 is 0 Å². The molecule has 0 spiro atoms. The van der Waals surface area contributed by atoms with Crippen LogP contribution in [0.4, 0.5) is 8.78 Å². The van der Waals surface area contributed by atoms with E-state index in [4.69, 9.17) is 0 Å². The van der Waals surface area contributed by atoms with Crippen LogP contribution in [0.25, 0.3) is 0 Å². The van der Waals surface area contributed by atoms with E-state index in [1.165, 1.54) is 11.0 Å². The lowest BCUT2D eigenvalue weighted by Crippen LogP contribution is -2.66. The van der Waals surface area contributed by atoms with Crippen LogP contribution >= 0.6 is 0 Å². The Kier molecular flexibility index (Phi) is 3.58. The summed E-state index contributed by atoms with van der Waals surface area (Å²) < 4.78 is 25.8. The zero-order valence-electron chi connectivity index (χ0n) is 11.0. The predicted octanol–water partition coefficient (Wildman–Crippen LogP) is 1.74. The molecule has 0 unspecified atom stereocenters. The normalized spacial score (nSPS) is 17.5. The van der Waals surface area contributed by atoms with E-state index in [1.54, 1.807) is 0 Å². The number of β-amino-alcohol motifs (C(OH)–C–C–N with tert-alkyl or cyclic N) is 1. The van der Waals surface area contributed by atoms with E-state index in [-0.39, 0.29) is 18.2 Å². The monoisotopic (exact) mass is 269 g/mol. The molecule has 1 N–H and O–H groups in total. The SMILES string of the molecule is CC(C)C1(O)CN(C(=O)Cc2ccc(F)c(F)c2)C1. The van der Waals surface area contributed by atoms with Gasteiger partial charge in [0.15, 0.2) is 11.6 Å². The highest BCUT2D eigenvalue weighted by molar-refractivity contribution is 5.79. The number of amides is 1. The minimum atomic E-state index is -0.951. The number of hydrogen-bond acceptors (Lipinski definition) is 2. The Morgan fingerprint density at radius 1 is 1.37 bits per heavy atom. The lowest BCUT2D eigenvalue weighted by molar-refractivity contribution is -0.163. The van der Waals surface area contributed by atoms with E-state index >= 15 is 0 Å². The largest absolute Gasteiger partial charge is 0.386 e. The molecule has 2 rings (SSSR count). The summed E-state index contributed by atoms with van der Waals surface area (Å²) in [6.45, 7) is 4.40. The second-order valence-electron chi connectivity index (χ2n) is 5.43. The minimum Gasteiger partial charge on any atom is -0.386 e. The van der Waals surface area contributed by atoms with Gasteiger partial charge in [-0.3, -0.25) is 4.79 Å². The zero-order chi connectivity index (χ0) is 14.2. The third-order valence-electron chi connectivity index (χ3n) is 3.70. The Hall–Kier alpha value is -1.49. The van der Waals surface area contributed by atoms with Crippen LogP contribution < -0.4 is 0 Å². The van der Waals surface area contributed by atoms with E-state index in [1.807, 2.05) is 13.8 Å². The summed E-state index contributed by atoms with van der Waals surface area (Å²) in [7, 11) is 0. The molecule has 1 heterocycles. The number of carbonyl (C=O) groups excluding carboxylic acids is 1. The molecule has 0 radical (unpaired) electrons. The molecule has 1 aromatic rings.